The highest BCUT2D eigenvalue weighted by Crippen LogP contribution is 2.62. The number of ether oxygens (including phenoxy) is 1. The topological polar surface area (TPSA) is 44.8 Å². The molecular weight excluding hydrogens is 339 g/mol. The second-order valence-corrected chi connectivity index (χ2v) is 10.6. The Bertz CT molecular complexity index is 579. The average Bonchev–Trinajstić information content (AvgIpc) is 2.75. The molecule has 1 aromatic carbocycles. The Balaban J connectivity index is 2.37. The summed E-state index contributed by atoms with van der Waals surface area (Å²) in [6, 6.07) is 3.82. The zero-order valence-corrected chi connectivity index (χ0v) is 16.2. The smallest absolute Gasteiger partial charge is 0.440 e. The van der Waals surface area contributed by atoms with Gasteiger partial charge in [0.2, 0.25) is 0 Å². The van der Waals surface area contributed by atoms with E-state index in [1.165, 1.54) is 16.3 Å². The van der Waals surface area contributed by atoms with Crippen LogP contribution in [0.4, 0.5) is 0 Å². The van der Waals surface area contributed by atoms with Crippen molar-refractivity contribution in [2.45, 2.75) is 44.6 Å². The lowest BCUT2D eigenvalue weighted by atomic mass is 10.0. The van der Waals surface area contributed by atoms with Gasteiger partial charge in [-0.15, -0.1) is 11.8 Å². The molecule has 1 aliphatic rings. The van der Waals surface area contributed by atoms with E-state index >= 15 is 0 Å². The van der Waals surface area contributed by atoms with Crippen molar-refractivity contribution in [2.75, 3.05) is 18.6 Å². The fourth-order valence-electron chi connectivity index (χ4n) is 2.40. The van der Waals surface area contributed by atoms with Crippen molar-refractivity contribution in [3.63, 3.8) is 0 Å². The van der Waals surface area contributed by atoms with Gasteiger partial charge in [-0.25, -0.2) is 4.57 Å². The second kappa shape index (κ2) is 7.08. The van der Waals surface area contributed by atoms with E-state index in [1.807, 2.05) is 46.1 Å². The molecule has 0 saturated heterocycles. The monoisotopic (exact) mass is 362 g/mol. The van der Waals surface area contributed by atoms with Crippen LogP contribution in [0, 0.1) is 0 Å². The molecule has 0 aliphatic carbocycles. The summed E-state index contributed by atoms with van der Waals surface area (Å²) in [6.07, 6.45) is 2.86. The fourth-order valence-corrected chi connectivity index (χ4v) is 6.10. The molecule has 0 radical (unpaired) electrons. The van der Waals surface area contributed by atoms with E-state index in [-0.39, 0.29) is 5.60 Å². The largest absolute Gasteiger partial charge is 0.483 e. The Morgan fingerprint density at radius 3 is 2.68 bits per heavy atom. The summed E-state index contributed by atoms with van der Waals surface area (Å²) in [6.45, 7) is 4.97. The number of rotatable bonds is 7. The normalized spacial score (nSPS) is 18.4. The minimum Gasteiger partial charge on any atom is -0.483 e. The van der Waals surface area contributed by atoms with Crippen LogP contribution < -0.4 is 9.26 Å². The fraction of sp³-hybridized carbons (Fsp3) is 0.600. The molecule has 2 rings (SSSR count). The lowest BCUT2D eigenvalue weighted by Gasteiger charge is -2.21. The summed E-state index contributed by atoms with van der Waals surface area (Å²) < 4.78 is 30.0. The third kappa shape index (κ3) is 3.97. The molecule has 0 saturated carbocycles. The average molecular weight is 362 g/mol. The number of thioether (sulfide) groups is 1. The molecule has 1 unspecified atom stereocenters. The maximum Gasteiger partial charge on any atom is 0.440 e. The van der Waals surface area contributed by atoms with Crippen molar-refractivity contribution in [1.82, 2.24) is 0 Å². The van der Waals surface area contributed by atoms with E-state index < -0.39 is 6.80 Å². The van der Waals surface area contributed by atoms with Crippen LogP contribution in [-0.2, 0) is 15.5 Å². The van der Waals surface area contributed by atoms with Gasteiger partial charge in [-0.1, -0.05) is 6.92 Å². The molecule has 0 spiro atoms. The Kier molecular flexibility index (Phi) is 5.81. The van der Waals surface area contributed by atoms with Crippen molar-refractivity contribution in [1.29, 1.82) is 0 Å². The second-order valence-electron chi connectivity index (χ2n) is 5.49. The predicted octanol–water partition coefficient (Wildman–Crippen LogP) is 5.40. The summed E-state index contributed by atoms with van der Waals surface area (Å²) >= 11 is 2.88. The Hall–Kier alpha value is -0.290. The minimum absolute atomic E-state index is 0.278. The zero-order chi connectivity index (χ0) is 16.4. The van der Waals surface area contributed by atoms with Gasteiger partial charge in [0.1, 0.15) is 5.60 Å². The molecule has 22 heavy (non-hydrogen) atoms. The van der Waals surface area contributed by atoms with E-state index in [0.717, 1.165) is 12.0 Å². The maximum atomic E-state index is 12.8. The van der Waals surface area contributed by atoms with Crippen LogP contribution in [0.3, 0.4) is 0 Å². The first kappa shape index (κ1) is 18.1. The highest BCUT2D eigenvalue weighted by atomic mass is 32.7. The highest BCUT2D eigenvalue weighted by Gasteiger charge is 2.36. The molecule has 1 heterocycles. The number of hydrogen-bond donors (Lipinski definition) is 0. The van der Waals surface area contributed by atoms with Crippen LogP contribution in [0.2, 0.25) is 0 Å². The SMILES string of the molecule is CCOP(=O)(Oc1ccc(SC)c2c1OC(C)(C)C2)SCC. The molecule has 4 nitrogen and oxygen atoms in total. The van der Waals surface area contributed by atoms with Gasteiger partial charge in [-0.2, -0.15) is 0 Å². The van der Waals surface area contributed by atoms with Gasteiger partial charge in [0.05, 0.1) is 6.61 Å². The van der Waals surface area contributed by atoms with Gasteiger partial charge < -0.3 is 9.26 Å². The maximum absolute atomic E-state index is 12.8. The van der Waals surface area contributed by atoms with E-state index in [4.69, 9.17) is 13.8 Å². The molecule has 0 amide bonds. The Morgan fingerprint density at radius 1 is 1.36 bits per heavy atom. The quantitative estimate of drug-likeness (QED) is 0.478. The first-order valence-corrected chi connectivity index (χ1v) is 11.7. The Morgan fingerprint density at radius 2 is 2.09 bits per heavy atom. The van der Waals surface area contributed by atoms with E-state index in [1.54, 1.807) is 11.8 Å². The third-order valence-corrected chi connectivity index (χ3v) is 7.82. The van der Waals surface area contributed by atoms with Crippen molar-refractivity contribution >= 4 is 29.9 Å². The standard InChI is InChI=1S/C15H23O4PS2/c1-6-17-20(16,22-7-2)19-12-8-9-13(21-5)11-10-15(3,4)18-14(11)12/h8-9H,6-7,10H2,1-5H3. The molecule has 124 valence electrons. The summed E-state index contributed by atoms with van der Waals surface area (Å²) in [5.74, 6) is 1.87. The van der Waals surface area contributed by atoms with E-state index in [2.05, 4.69) is 0 Å². The van der Waals surface area contributed by atoms with Crippen molar-refractivity contribution < 1.29 is 18.3 Å². The minimum atomic E-state index is -3.21. The van der Waals surface area contributed by atoms with Crippen LogP contribution in [0.1, 0.15) is 33.3 Å². The predicted molar refractivity (Wildman–Crippen MR) is 94.6 cm³/mol. The van der Waals surface area contributed by atoms with Crippen molar-refractivity contribution in [2.24, 2.45) is 0 Å². The van der Waals surface area contributed by atoms with Crippen LogP contribution >= 0.6 is 29.9 Å². The summed E-state index contributed by atoms with van der Waals surface area (Å²) in [5, 5.41) is 0. The molecule has 0 N–H and O–H groups in total. The lowest BCUT2D eigenvalue weighted by Crippen LogP contribution is -2.24. The zero-order valence-electron chi connectivity index (χ0n) is 13.7. The van der Waals surface area contributed by atoms with Gasteiger partial charge in [0.15, 0.2) is 11.5 Å². The lowest BCUT2D eigenvalue weighted by molar-refractivity contribution is 0.135. The first-order chi connectivity index (χ1) is 10.3. The van der Waals surface area contributed by atoms with Gasteiger partial charge in [-0.3, -0.25) is 4.52 Å². The Labute approximate surface area is 141 Å². The van der Waals surface area contributed by atoms with Crippen LogP contribution in [-0.4, -0.2) is 24.2 Å². The number of benzene rings is 1. The molecular formula is C15H23O4PS2. The van der Waals surface area contributed by atoms with Crippen LogP contribution in [0.25, 0.3) is 0 Å². The van der Waals surface area contributed by atoms with Gasteiger partial charge in [0.25, 0.3) is 0 Å². The number of fused-ring (bicyclic) bond motifs is 1. The van der Waals surface area contributed by atoms with E-state index in [0.29, 0.717) is 23.9 Å². The molecule has 0 bridgehead atoms. The molecule has 7 heteroatoms. The van der Waals surface area contributed by atoms with E-state index in [9.17, 15) is 4.57 Å². The van der Waals surface area contributed by atoms with Gasteiger partial charge >= 0.3 is 6.80 Å². The molecule has 1 aliphatic heterocycles. The first-order valence-electron chi connectivity index (χ1n) is 7.31. The van der Waals surface area contributed by atoms with Crippen molar-refractivity contribution in [3.8, 4) is 11.5 Å². The van der Waals surface area contributed by atoms with Gasteiger partial charge in [-0.05, 0) is 50.5 Å². The molecule has 1 atom stereocenters. The third-order valence-electron chi connectivity index (χ3n) is 3.17. The molecule has 0 fully saturated rings. The van der Waals surface area contributed by atoms with Gasteiger partial charge in [0, 0.05) is 22.6 Å². The summed E-state index contributed by atoms with van der Waals surface area (Å²) in [4.78, 5) is 1.17. The van der Waals surface area contributed by atoms with Crippen LogP contribution in [0.15, 0.2) is 17.0 Å². The molecule has 1 aromatic rings. The van der Waals surface area contributed by atoms with Crippen molar-refractivity contribution in [3.05, 3.63) is 17.7 Å². The summed E-state index contributed by atoms with van der Waals surface area (Å²) in [7, 11) is 0. The molecule has 0 aromatic heterocycles. The summed E-state index contributed by atoms with van der Waals surface area (Å²) in [5.41, 5.74) is 0.847. The highest BCUT2D eigenvalue weighted by molar-refractivity contribution is 8.55. The van der Waals surface area contributed by atoms with Crippen LogP contribution in [0.5, 0.6) is 11.5 Å². The number of hydrogen-bond acceptors (Lipinski definition) is 6.